The van der Waals surface area contributed by atoms with Crippen molar-refractivity contribution in [2.45, 2.75) is 30.7 Å². The smallest absolute Gasteiger partial charge is 0.264 e. The topological polar surface area (TPSA) is 60.9 Å². The average Bonchev–Trinajstić information content (AvgIpc) is 2.72. The molecule has 2 aliphatic rings. The van der Waals surface area contributed by atoms with Crippen molar-refractivity contribution in [2.75, 3.05) is 38.0 Å². The Morgan fingerprint density at radius 1 is 1.00 bits per heavy atom. The fourth-order valence-corrected chi connectivity index (χ4v) is 5.75. The highest BCUT2D eigenvalue weighted by Gasteiger charge is 2.30. The van der Waals surface area contributed by atoms with Gasteiger partial charge in [0.25, 0.3) is 10.0 Å². The zero-order valence-electron chi connectivity index (χ0n) is 17.0. The summed E-state index contributed by atoms with van der Waals surface area (Å²) in [5.41, 5.74) is 3.90. The number of aryl methyl sites for hydroxylation is 1. The quantitative estimate of drug-likeness (QED) is 0.772. The molecule has 0 bridgehead atoms. The van der Waals surface area contributed by atoms with Gasteiger partial charge in [0, 0.05) is 19.6 Å². The summed E-state index contributed by atoms with van der Waals surface area (Å²) in [5, 5.41) is 0. The molecule has 7 heteroatoms. The molecule has 2 aromatic carbocycles. The van der Waals surface area contributed by atoms with Crippen molar-refractivity contribution in [2.24, 2.45) is 0 Å². The Morgan fingerprint density at radius 2 is 1.79 bits per heavy atom. The Hall–Kier alpha value is -2.38. The summed E-state index contributed by atoms with van der Waals surface area (Å²) in [6, 6.07) is 13.1. The largest absolute Gasteiger partial charge is 0.337 e. The molecule has 6 nitrogen and oxygen atoms in total. The Morgan fingerprint density at radius 3 is 2.59 bits per heavy atom. The molecule has 2 aliphatic heterocycles. The first kappa shape index (κ1) is 19.9. The Bertz CT molecular complexity index is 1030. The number of hydrogen-bond donors (Lipinski definition) is 0. The lowest BCUT2D eigenvalue weighted by Crippen LogP contribution is -2.41. The molecule has 0 N–H and O–H groups in total. The number of fused-ring (bicyclic) bond motifs is 2. The van der Waals surface area contributed by atoms with Crippen LogP contribution in [0, 0.1) is 0 Å². The third-order valence-electron chi connectivity index (χ3n) is 5.65. The first-order valence-electron chi connectivity index (χ1n) is 10.0. The number of benzene rings is 2. The molecule has 0 fully saturated rings. The van der Waals surface area contributed by atoms with E-state index in [0.29, 0.717) is 31.1 Å². The third kappa shape index (κ3) is 3.89. The minimum atomic E-state index is -3.64. The summed E-state index contributed by atoms with van der Waals surface area (Å²) in [7, 11) is 0.0999. The molecule has 29 heavy (non-hydrogen) atoms. The van der Waals surface area contributed by atoms with E-state index in [9.17, 15) is 13.2 Å². The van der Waals surface area contributed by atoms with E-state index in [2.05, 4.69) is 0 Å². The SMILES string of the molecule is CN(C)CC(=O)N1CCc2ccc(S(=O)(=O)N3CCCc4ccccc43)cc2C1. The second kappa shape index (κ2) is 7.80. The Labute approximate surface area is 172 Å². The minimum Gasteiger partial charge on any atom is -0.337 e. The van der Waals surface area contributed by atoms with E-state index < -0.39 is 10.0 Å². The van der Waals surface area contributed by atoms with E-state index in [1.807, 2.05) is 54.2 Å². The summed E-state index contributed by atoms with van der Waals surface area (Å²) in [6.07, 6.45) is 2.46. The Balaban J connectivity index is 1.63. The first-order valence-corrected chi connectivity index (χ1v) is 11.5. The van der Waals surface area contributed by atoms with Gasteiger partial charge >= 0.3 is 0 Å². The summed E-state index contributed by atoms with van der Waals surface area (Å²) in [5.74, 6) is 0.0684. The second-order valence-electron chi connectivity index (χ2n) is 8.04. The van der Waals surface area contributed by atoms with Gasteiger partial charge in [-0.05, 0) is 68.2 Å². The van der Waals surface area contributed by atoms with Crippen LogP contribution in [-0.2, 0) is 34.2 Å². The monoisotopic (exact) mass is 413 g/mol. The highest BCUT2D eigenvalue weighted by atomic mass is 32.2. The number of sulfonamides is 1. The van der Waals surface area contributed by atoms with Crippen molar-refractivity contribution in [3.63, 3.8) is 0 Å². The zero-order valence-corrected chi connectivity index (χ0v) is 17.8. The molecule has 0 unspecified atom stereocenters. The molecule has 154 valence electrons. The highest BCUT2D eigenvalue weighted by molar-refractivity contribution is 7.92. The van der Waals surface area contributed by atoms with Crippen LogP contribution in [0.2, 0.25) is 0 Å². The summed E-state index contributed by atoms with van der Waals surface area (Å²) in [6.45, 7) is 1.98. The highest BCUT2D eigenvalue weighted by Crippen LogP contribution is 2.33. The molecule has 2 aromatic rings. The molecule has 0 saturated heterocycles. The molecule has 0 saturated carbocycles. The van der Waals surface area contributed by atoms with Gasteiger partial charge < -0.3 is 9.80 Å². The van der Waals surface area contributed by atoms with Crippen molar-refractivity contribution in [1.29, 1.82) is 0 Å². The van der Waals surface area contributed by atoms with Gasteiger partial charge in [-0.15, -0.1) is 0 Å². The van der Waals surface area contributed by atoms with E-state index in [0.717, 1.165) is 41.6 Å². The lowest BCUT2D eigenvalue weighted by molar-refractivity contribution is -0.132. The molecule has 1 amide bonds. The normalized spacial score (nSPS) is 16.5. The van der Waals surface area contributed by atoms with Gasteiger partial charge in [-0.25, -0.2) is 8.42 Å². The minimum absolute atomic E-state index is 0.0684. The van der Waals surface area contributed by atoms with Crippen LogP contribution < -0.4 is 4.31 Å². The summed E-state index contributed by atoms with van der Waals surface area (Å²) >= 11 is 0. The predicted molar refractivity (Wildman–Crippen MR) is 113 cm³/mol. The summed E-state index contributed by atoms with van der Waals surface area (Å²) < 4.78 is 28.4. The van der Waals surface area contributed by atoms with Gasteiger partial charge in [0.1, 0.15) is 0 Å². The fourth-order valence-electron chi connectivity index (χ4n) is 4.15. The van der Waals surface area contributed by atoms with Crippen LogP contribution in [0.1, 0.15) is 23.1 Å². The molecule has 0 spiro atoms. The van der Waals surface area contributed by atoms with Crippen molar-refractivity contribution in [3.8, 4) is 0 Å². The molecule has 0 radical (unpaired) electrons. The van der Waals surface area contributed by atoms with Crippen molar-refractivity contribution >= 4 is 21.6 Å². The van der Waals surface area contributed by atoms with Crippen molar-refractivity contribution in [3.05, 3.63) is 59.2 Å². The van der Waals surface area contributed by atoms with E-state index in [-0.39, 0.29) is 5.91 Å². The number of amides is 1. The number of nitrogens with zero attached hydrogens (tertiary/aromatic N) is 3. The molecular formula is C22H27N3O3S. The maximum atomic E-state index is 13.4. The predicted octanol–water partition coefficient (Wildman–Crippen LogP) is 2.27. The average molecular weight is 414 g/mol. The second-order valence-corrected chi connectivity index (χ2v) is 9.91. The zero-order chi connectivity index (χ0) is 20.6. The number of carbonyl (C=O) groups is 1. The molecule has 0 atom stereocenters. The fraction of sp³-hybridized carbons (Fsp3) is 0.409. The number of para-hydroxylation sites is 1. The molecule has 0 aliphatic carbocycles. The summed E-state index contributed by atoms with van der Waals surface area (Å²) in [4.78, 5) is 16.4. The van der Waals surface area contributed by atoms with E-state index in [1.165, 1.54) is 4.31 Å². The van der Waals surface area contributed by atoms with Gasteiger partial charge in [-0.1, -0.05) is 24.3 Å². The number of carbonyl (C=O) groups excluding carboxylic acids is 1. The number of hydrogen-bond acceptors (Lipinski definition) is 4. The van der Waals surface area contributed by atoms with Gasteiger partial charge in [-0.2, -0.15) is 0 Å². The van der Waals surface area contributed by atoms with Crippen LogP contribution >= 0.6 is 0 Å². The van der Waals surface area contributed by atoms with Gasteiger partial charge in [0.05, 0.1) is 17.1 Å². The van der Waals surface area contributed by atoms with Crippen LogP contribution in [0.25, 0.3) is 0 Å². The molecule has 4 rings (SSSR count). The van der Waals surface area contributed by atoms with Crippen LogP contribution in [-0.4, -0.2) is 57.9 Å². The molecule has 0 aromatic heterocycles. The standard InChI is InChI=1S/C22H27N3O3S/c1-23(2)16-22(26)24-13-11-17-9-10-20(14-19(17)15-24)29(27,28)25-12-5-7-18-6-3-4-8-21(18)25/h3-4,6,8-10,14H,5,7,11-13,15-16H2,1-2H3. The van der Waals surface area contributed by atoms with E-state index in [1.54, 1.807) is 12.1 Å². The number of rotatable bonds is 4. The molecular weight excluding hydrogens is 386 g/mol. The number of anilines is 1. The van der Waals surface area contributed by atoms with Crippen LogP contribution in [0.15, 0.2) is 47.4 Å². The third-order valence-corrected chi connectivity index (χ3v) is 7.46. The van der Waals surface area contributed by atoms with Gasteiger partial charge in [-0.3, -0.25) is 9.10 Å². The number of likely N-dealkylation sites (N-methyl/N-ethyl adjacent to an activating group) is 1. The van der Waals surface area contributed by atoms with Gasteiger partial charge in [0.2, 0.25) is 5.91 Å². The van der Waals surface area contributed by atoms with E-state index >= 15 is 0 Å². The van der Waals surface area contributed by atoms with Crippen LogP contribution in [0.5, 0.6) is 0 Å². The lowest BCUT2D eigenvalue weighted by atomic mass is 10.00. The maximum Gasteiger partial charge on any atom is 0.264 e. The van der Waals surface area contributed by atoms with Crippen molar-refractivity contribution < 1.29 is 13.2 Å². The van der Waals surface area contributed by atoms with Crippen molar-refractivity contribution in [1.82, 2.24) is 9.80 Å². The maximum absolute atomic E-state index is 13.4. The Kier molecular flexibility index (Phi) is 5.36. The first-order chi connectivity index (χ1) is 13.9. The molecule has 2 heterocycles. The van der Waals surface area contributed by atoms with E-state index in [4.69, 9.17) is 0 Å². The van der Waals surface area contributed by atoms with Crippen LogP contribution in [0.3, 0.4) is 0 Å². The lowest BCUT2D eigenvalue weighted by Gasteiger charge is -2.32. The van der Waals surface area contributed by atoms with Crippen LogP contribution in [0.4, 0.5) is 5.69 Å². The van der Waals surface area contributed by atoms with Gasteiger partial charge in [0.15, 0.2) is 0 Å².